The maximum atomic E-state index is 5.61. The molecule has 0 amide bonds. The molecule has 2 aromatic heterocycles. The number of nitrogen functional groups attached to an aromatic ring is 1. The third-order valence-corrected chi connectivity index (χ3v) is 4.22. The summed E-state index contributed by atoms with van der Waals surface area (Å²) in [6, 6.07) is 3.92. The minimum Gasteiger partial charge on any atom is -0.397 e. The van der Waals surface area contributed by atoms with Gasteiger partial charge in [0, 0.05) is 14.7 Å². The summed E-state index contributed by atoms with van der Waals surface area (Å²) in [6.45, 7) is 0.756. The summed E-state index contributed by atoms with van der Waals surface area (Å²) in [5, 5.41) is 5.30. The van der Waals surface area contributed by atoms with E-state index in [0.29, 0.717) is 5.69 Å². The number of nitrogens with two attached hydrogens (primary N) is 1. The fourth-order valence-electron chi connectivity index (χ4n) is 1.20. The number of rotatable bonds is 3. The molecule has 2 aromatic rings. The van der Waals surface area contributed by atoms with Gasteiger partial charge in [0.15, 0.2) is 0 Å². The average molecular weight is 363 g/mol. The van der Waals surface area contributed by atoms with Gasteiger partial charge in [0.2, 0.25) is 0 Å². The fourth-order valence-corrected chi connectivity index (χ4v) is 3.10. The van der Waals surface area contributed by atoms with Crippen molar-refractivity contribution in [1.82, 2.24) is 4.98 Å². The van der Waals surface area contributed by atoms with Crippen LogP contribution in [0.4, 0.5) is 11.5 Å². The van der Waals surface area contributed by atoms with E-state index in [2.05, 4.69) is 53.6 Å². The Morgan fingerprint density at radius 2 is 2.19 bits per heavy atom. The first-order chi connectivity index (χ1) is 7.65. The van der Waals surface area contributed by atoms with Crippen molar-refractivity contribution < 1.29 is 0 Å². The van der Waals surface area contributed by atoms with Crippen molar-refractivity contribution in [2.45, 2.75) is 6.54 Å². The average Bonchev–Trinajstić information content (AvgIpc) is 2.63. The molecular formula is C10H9Br2N3S. The third-order valence-electron chi connectivity index (χ3n) is 1.91. The van der Waals surface area contributed by atoms with Crippen LogP contribution < -0.4 is 11.1 Å². The third kappa shape index (κ3) is 2.96. The maximum Gasteiger partial charge on any atom is 0.140 e. The lowest BCUT2D eigenvalue weighted by Crippen LogP contribution is -2.01. The second-order valence-corrected chi connectivity index (χ2v) is 5.95. The summed E-state index contributed by atoms with van der Waals surface area (Å²) in [5.74, 6) is 0.804. The lowest BCUT2D eigenvalue weighted by molar-refractivity contribution is 1.13. The fraction of sp³-hybridized carbons (Fsp3) is 0.100. The van der Waals surface area contributed by atoms with E-state index in [4.69, 9.17) is 5.73 Å². The van der Waals surface area contributed by atoms with Gasteiger partial charge in [-0.05, 0) is 44.0 Å². The summed E-state index contributed by atoms with van der Waals surface area (Å²) >= 11 is 8.54. The molecule has 0 radical (unpaired) electrons. The van der Waals surface area contributed by atoms with Crippen LogP contribution in [-0.2, 0) is 6.54 Å². The quantitative estimate of drug-likeness (QED) is 0.871. The first-order valence-electron chi connectivity index (χ1n) is 4.53. The predicted octanol–water partition coefficient (Wildman–Crippen LogP) is 3.86. The number of nitrogens with zero attached hydrogens (tertiary/aromatic N) is 1. The molecule has 0 aliphatic carbocycles. The van der Waals surface area contributed by atoms with Crippen LogP contribution in [0.25, 0.3) is 0 Å². The summed E-state index contributed by atoms with van der Waals surface area (Å²) in [7, 11) is 0. The second kappa shape index (κ2) is 5.16. The van der Waals surface area contributed by atoms with Gasteiger partial charge in [0.25, 0.3) is 0 Å². The number of thiophene rings is 1. The van der Waals surface area contributed by atoms with Gasteiger partial charge in [0.1, 0.15) is 5.82 Å². The summed E-state index contributed by atoms with van der Waals surface area (Å²) in [6.07, 6.45) is 1.64. The highest BCUT2D eigenvalue weighted by Crippen LogP contribution is 2.24. The predicted molar refractivity (Wildman–Crippen MR) is 75.7 cm³/mol. The van der Waals surface area contributed by atoms with Crippen molar-refractivity contribution in [2.75, 3.05) is 11.1 Å². The smallest absolute Gasteiger partial charge is 0.140 e. The number of hydrogen-bond donors (Lipinski definition) is 2. The van der Waals surface area contributed by atoms with Gasteiger partial charge in [-0.3, -0.25) is 0 Å². The van der Waals surface area contributed by atoms with Crippen LogP contribution in [0.15, 0.2) is 32.7 Å². The molecule has 0 bridgehead atoms. The summed E-state index contributed by atoms with van der Waals surface area (Å²) in [4.78, 5) is 5.46. The Bertz CT molecular complexity index is 499. The molecular weight excluding hydrogens is 354 g/mol. The largest absolute Gasteiger partial charge is 0.397 e. The van der Waals surface area contributed by atoms with Gasteiger partial charge in [0.05, 0.1) is 22.9 Å². The van der Waals surface area contributed by atoms with E-state index >= 15 is 0 Å². The van der Waals surface area contributed by atoms with Crippen molar-refractivity contribution in [3.63, 3.8) is 0 Å². The standard InChI is InChI=1S/C10H9Br2N3S/c11-6-1-8(16-5-6)4-15-10-9(12)2-7(13)3-14-10/h1-3,5H,4,13H2,(H,14,15). The van der Waals surface area contributed by atoms with Crippen molar-refractivity contribution in [3.05, 3.63) is 37.5 Å². The molecule has 0 aliphatic heterocycles. The van der Waals surface area contributed by atoms with E-state index in [1.165, 1.54) is 4.88 Å². The van der Waals surface area contributed by atoms with Crippen molar-refractivity contribution >= 4 is 54.7 Å². The van der Waals surface area contributed by atoms with Crippen molar-refractivity contribution in [1.29, 1.82) is 0 Å². The molecule has 2 heterocycles. The summed E-state index contributed by atoms with van der Waals surface area (Å²) < 4.78 is 1.99. The minimum absolute atomic E-state index is 0.649. The van der Waals surface area contributed by atoms with Crippen molar-refractivity contribution in [2.24, 2.45) is 0 Å². The molecule has 0 spiro atoms. The SMILES string of the molecule is Nc1cnc(NCc2cc(Br)cs2)c(Br)c1. The monoisotopic (exact) mass is 361 g/mol. The highest BCUT2D eigenvalue weighted by molar-refractivity contribution is 9.10. The molecule has 0 aromatic carbocycles. The number of pyridine rings is 1. The number of aromatic nitrogens is 1. The molecule has 0 fully saturated rings. The Balaban J connectivity index is 2.04. The molecule has 0 unspecified atom stereocenters. The van der Waals surface area contributed by atoms with Crippen LogP contribution in [0.5, 0.6) is 0 Å². The minimum atomic E-state index is 0.649. The topological polar surface area (TPSA) is 50.9 Å². The molecule has 0 saturated heterocycles. The Labute approximate surface area is 114 Å². The van der Waals surface area contributed by atoms with Gasteiger partial charge >= 0.3 is 0 Å². The van der Waals surface area contributed by atoms with Crippen LogP contribution in [0, 0.1) is 0 Å². The molecule has 0 saturated carbocycles. The van der Waals surface area contributed by atoms with Gasteiger partial charge in [-0.15, -0.1) is 11.3 Å². The van der Waals surface area contributed by atoms with Gasteiger partial charge in [-0.1, -0.05) is 0 Å². The molecule has 0 aliphatic rings. The molecule has 0 atom stereocenters. The van der Waals surface area contributed by atoms with Crippen LogP contribution >= 0.6 is 43.2 Å². The number of halogens is 2. The Hall–Kier alpha value is -0.590. The van der Waals surface area contributed by atoms with Crippen molar-refractivity contribution in [3.8, 4) is 0 Å². The highest BCUT2D eigenvalue weighted by Gasteiger charge is 2.02. The maximum absolute atomic E-state index is 5.61. The zero-order valence-electron chi connectivity index (χ0n) is 8.21. The first kappa shape index (κ1) is 11.9. The molecule has 6 heteroatoms. The van der Waals surface area contributed by atoms with Crippen LogP contribution in [0.2, 0.25) is 0 Å². The first-order valence-corrected chi connectivity index (χ1v) is 6.99. The van der Waals surface area contributed by atoms with Crippen LogP contribution in [-0.4, -0.2) is 4.98 Å². The molecule has 3 nitrogen and oxygen atoms in total. The Morgan fingerprint density at radius 1 is 1.38 bits per heavy atom. The molecule has 3 N–H and O–H groups in total. The lowest BCUT2D eigenvalue weighted by Gasteiger charge is -2.06. The number of hydrogen-bond acceptors (Lipinski definition) is 4. The van der Waals surface area contributed by atoms with Crippen LogP contribution in [0.3, 0.4) is 0 Å². The zero-order valence-corrected chi connectivity index (χ0v) is 12.2. The van der Waals surface area contributed by atoms with E-state index in [0.717, 1.165) is 21.3 Å². The van der Waals surface area contributed by atoms with Gasteiger partial charge in [-0.2, -0.15) is 0 Å². The van der Waals surface area contributed by atoms with E-state index in [9.17, 15) is 0 Å². The molecule has 2 rings (SSSR count). The zero-order chi connectivity index (χ0) is 11.5. The second-order valence-electron chi connectivity index (χ2n) is 3.18. The lowest BCUT2D eigenvalue weighted by atomic mass is 10.4. The Morgan fingerprint density at radius 3 is 2.81 bits per heavy atom. The van der Waals surface area contributed by atoms with E-state index < -0.39 is 0 Å². The Kier molecular flexibility index (Phi) is 3.83. The molecule has 84 valence electrons. The highest BCUT2D eigenvalue weighted by atomic mass is 79.9. The van der Waals surface area contributed by atoms with Crippen LogP contribution in [0.1, 0.15) is 4.88 Å². The van der Waals surface area contributed by atoms with E-state index in [1.807, 2.05) is 6.07 Å². The number of nitrogens with one attached hydrogen (secondary N) is 1. The number of anilines is 2. The normalized spacial score (nSPS) is 10.4. The summed E-state index contributed by atoms with van der Waals surface area (Å²) in [5.41, 5.74) is 6.26. The van der Waals surface area contributed by atoms with Gasteiger partial charge < -0.3 is 11.1 Å². The molecule has 16 heavy (non-hydrogen) atoms. The van der Waals surface area contributed by atoms with E-state index in [1.54, 1.807) is 17.5 Å². The van der Waals surface area contributed by atoms with Gasteiger partial charge in [-0.25, -0.2) is 4.98 Å². The van der Waals surface area contributed by atoms with E-state index in [-0.39, 0.29) is 0 Å².